The third-order valence-electron chi connectivity index (χ3n) is 1.24. The van der Waals surface area contributed by atoms with Gasteiger partial charge in [0.05, 0.1) is 0 Å². The summed E-state index contributed by atoms with van der Waals surface area (Å²) in [6.45, 7) is 10.3. The first-order valence-electron chi connectivity index (χ1n) is 7.49. The quantitative estimate of drug-likeness (QED) is 0.405. The maximum atomic E-state index is 3.50. The zero-order chi connectivity index (χ0) is 19.5. The van der Waals surface area contributed by atoms with E-state index in [-0.39, 0.29) is 0 Å². The van der Waals surface area contributed by atoms with E-state index in [0.29, 0.717) is 0 Å². The van der Waals surface area contributed by atoms with E-state index < -0.39 is 0 Å². The molecular weight excluding hydrogens is 318 g/mol. The van der Waals surface area contributed by atoms with Gasteiger partial charge in [-0.3, -0.25) is 0 Å². The van der Waals surface area contributed by atoms with Crippen LogP contribution in [0.4, 0.5) is 0 Å². The fraction of sp³-hybridized carbons (Fsp3) is 0.579. The van der Waals surface area contributed by atoms with Crippen molar-refractivity contribution in [1.29, 1.82) is 0 Å². The molecule has 23 heavy (non-hydrogen) atoms. The van der Waals surface area contributed by atoms with Crippen molar-refractivity contribution in [2.75, 3.05) is 42.3 Å². The molecule has 3 nitrogen and oxygen atoms in total. The van der Waals surface area contributed by atoms with E-state index in [2.05, 4.69) is 67.6 Å². The second-order valence-electron chi connectivity index (χ2n) is 4.50. The third-order valence-corrected chi connectivity index (χ3v) is 1.95. The molecule has 0 aromatic heterocycles. The first-order valence-corrected chi connectivity index (χ1v) is 8.39. The van der Waals surface area contributed by atoms with Gasteiger partial charge in [0, 0.05) is 0 Å². The average molecular weight is 357 g/mol. The van der Waals surface area contributed by atoms with Crippen LogP contribution in [0.15, 0.2) is 45.9 Å². The van der Waals surface area contributed by atoms with Crippen molar-refractivity contribution in [3.8, 4) is 0 Å². The summed E-state index contributed by atoms with van der Waals surface area (Å²) in [7, 11) is 10.5. The summed E-state index contributed by atoms with van der Waals surface area (Å²) < 4.78 is 2.10. The molecule has 0 rings (SSSR count). The van der Waals surface area contributed by atoms with E-state index in [9.17, 15) is 0 Å². The van der Waals surface area contributed by atoms with Crippen LogP contribution in [0.3, 0.4) is 0 Å². The van der Waals surface area contributed by atoms with Crippen LogP contribution in [-0.2, 0) is 20.4 Å². The minimum atomic E-state index is 1.34. The molecule has 0 amide bonds. The van der Waals surface area contributed by atoms with Crippen molar-refractivity contribution in [3.05, 3.63) is 61.9 Å². The largest absolute Gasteiger partial charge is 0.668 e. The van der Waals surface area contributed by atoms with E-state index in [1.807, 2.05) is 38.2 Å². The van der Waals surface area contributed by atoms with Gasteiger partial charge < -0.3 is 16.0 Å². The predicted molar refractivity (Wildman–Crippen MR) is 108 cm³/mol. The molecule has 0 saturated carbocycles. The third kappa shape index (κ3) is 113. The molecular formula is C19H39N3Ti. The fourth-order valence-electron chi connectivity index (χ4n) is 0.719. The Morgan fingerprint density at radius 3 is 1.04 bits per heavy atom. The number of hydrogen-bond donors (Lipinski definition) is 0. The van der Waals surface area contributed by atoms with E-state index in [4.69, 9.17) is 0 Å². The van der Waals surface area contributed by atoms with Crippen LogP contribution in [0.2, 0.25) is 0 Å². The maximum absolute atomic E-state index is 3.50. The Morgan fingerprint density at radius 1 is 0.696 bits per heavy atom. The van der Waals surface area contributed by atoms with Gasteiger partial charge in [-0.25, -0.2) is 0 Å². The summed E-state index contributed by atoms with van der Waals surface area (Å²) in [5, 5.41) is 10.5. The van der Waals surface area contributed by atoms with E-state index in [1.165, 1.54) is 11.1 Å². The Balaban J connectivity index is -0.0000000636. The molecule has 0 aliphatic heterocycles. The van der Waals surface area contributed by atoms with Crippen molar-refractivity contribution in [3.63, 3.8) is 0 Å². The first-order chi connectivity index (χ1) is 10.8. The minimum Gasteiger partial charge on any atom is -0.668 e. The average Bonchev–Trinajstić information content (AvgIpc) is 2.47. The molecule has 0 atom stereocenters. The van der Waals surface area contributed by atoms with Crippen LogP contribution in [0.1, 0.15) is 34.6 Å². The molecule has 0 N–H and O–H groups in total. The molecule has 134 valence electrons. The molecule has 0 bridgehead atoms. The predicted octanol–water partition coefficient (Wildman–Crippen LogP) is 6.40. The zero-order valence-corrected chi connectivity index (χ0v) is 18.9. The zero-order valence-electron chi connectivity index (χ0n) is 17.3. The second kappa shape index (κ2) is 43.0. The second-order valence-corrected chi connectivity index (χ2v) is 4.95. The van der Waals surface area contributed by atoms with Gasteiger partial charge in [-0.2, -0.15) is 42.3 Å². The molecule has 0 spiro atoms. The molecule has 0 aromatic carbocycles. The van der Waals surface area contributed by atoms with Gasteiger partial charge in [0.1, 0.15) is 0 Å². The van der Waals surface area contributed by atoms with Crippen molar-refractivity contribution in [1.82, 2.24) is 0 Å². The molecule has 0 fully saturated rings. The molecule has 0 aromatic rings. The molecule has 0 heterocycles. The van der Waals surface area contributed by atoms with E-state index in [1.54, 1.807) is 42.3 Å². The van der Waals surface area contributed by atoms with Crippen LogP contribution in [0, 0.1) is 0 Å². The van der Waals surface area contributed by atoms with Crippen molar-refractivity contribution >= 4 is 0 Å². The van der Waals surface area contributed by atoms with Gasteiger partial charge in [-0.1, -0.05) is 24.3 Å². The number of hydrogen-bond acceptors (Lipinski definition) is 0. The number of rotatable bonds is 2. The Kier molecular flexibility index (Phi) is 63.6. The Hall–Kier alpha value is -0.446. The first kappa shape index (κ1) is 34.0. The van der Waals surface area contributed by atoms with Crippen LogP contribution in [0.25, 0.3) is 16.0 Å². The topological polar surface area (TPSA) is 42.3 Å². The minimum absolute atomic E-state index is 1.34. The van der Waals surface area contributed by atoms with Crippen LogP contribution in [-0.4, -0.2) is 42.3 Å². The monoisotopic (exact) mass is 357 g/mol. The number of allylic oxidation sites excluding steroid dienone is 7. The summed E-state index contributed by atoms with van der Waals surface area (Å²) in [5.41, 5.74) is 2.70. The van der Waals surface area contributed by atoms with Crippen molar-refractivity contribution in [2.24, 2.45) is 0 Å². The van der Waals surface area contributed by atoms with Crippen molar-refractivity contribution < 1.29 is 20.4 Å². The van der Waals surface area contributed by atoms with Gasteiger partial charge in [0.15, 0.2) is 0 Å². The summed E-state index contributed by atoms with van der Waals surface area (Å²) in [6.07, 6.45) is 10.2. The standard InChI is InChI=1S/C7H11.C6H10.3C2H6N.Ti/c1-6(2)5-7(3)4;1-3-5-6-4-2;3*1-3-2;/h1,5H,2-4H3;3-6H,1-2H3;3*1-2H3;/q;;3*-1;+3. The molecule has 0 unspecified atom stereocenters. The van der Waals surface area contributed by atoms with Crippen LogP contribution < -0.4 is 0 Å². The summed E-state index contributed by atoms with van der Waals surface area (Å²) in [5.74, 6) is 0. The van der Waals surface area contributed by atoms with Gasteiger partial charge >= 0.3 is 62.8 Å². The van der Waals surface area contributed by atoms with Crippen molar-refractivity contribution in [2.45, 2.75) is 34.6 Å². The van der Waals surface area contributed by atoms with Gasteiger partial charge in [0.25, 0.3) is 0 Å². The smallest absolute Gasteiger partial charge is 0.0467 e. The summed E-state index contributed by atoms with van der Waals surface area (Å²) in [6, 6.07) is 0. The molecule has 0 aliphatic rings. The fourth-order valence-corrected chi connectivity index (χ4v) is 0.849. The molecule has 0 saturated heterocycles. The Labute approximate surface area is 159 Å². The number of nitrogens with zero attached hydrogens (tertiary/aromatic N) is 3. The summed E-state index contributed by atoms with van der Waals surface area (Å²) >= 11 is 2.05. The SMILES string of the molecule is CC(C)=CC(C)=[CH][Ti+3].CC=CC=CC.C[N-]C.C[N-]C.C[N-]C. The van der Waals surface area contributed by atoms with Gasteiger partial charge in [-0.15, -0.1) is 0 Å². The van der Waals surface area contributed by atoms with Gasteiger partial charge in [0.2, 0.25) is 0 Å². The molecule has 0 radical (unpaired) electrons. The maximum Gasteiger partial charge on any atom is -0.0467 e. The Bertz CT molecular complexity index is 262. The van der Waals surface area contributed by atoms with E-state index in [0.717, 1.165) is 0 Å². The molecule has 4 heteroatoms. The van der Waals surface area contributed by atoms with Crippen LogP contribution in [0.5, 0.6) is 0 Å². The van der Waals surface area contributed by atoms with Gasteiger partial charge in [-0.05, 0) is 13.8 Å². The molecule has 0 aliphatic carbocycles. The normalized spacial score (nSPS) is 9.35. The Morgan fingerprint density at radius 2 is 0.957 bits per heavy atom. The summed E-state index contributed by atoms with van der Waals surface area (Å²) in [4.78, 5) is 0. The van der Waals surface area contributed by atoms with Crippen LogP contribution >= 0.6 is 0 Å². The van der Waals surface area contributed by atoms with E-state index >= 15 is 0 Å².